The zero-order valence-corrected chi connectivity index (χ0v) is 25.9. The van der Waals surface area contributed by atoms with Crippen molar-refractivity contribution in [3.8, 4) is 22.1 Å². The molecule has 1 heterocycles. The fourth-order valence-electron chi connectivity index (χ4n) is 4.66. The summed E-state index contributed by atoms with van der Waals surface area (Å²) in [4.78, 5) is 52.4. The summed E-state index contributed by atoms with van der Waals surface area (Å²) in [6.07, 6.45) is -4.57. The number of anilines is 2. The highest BCUT2D eigenvalue weighted by Gasteiger charge is 2.31. The van der Waals surface area contributed by atoms with Crippen molar-refractivity contribution in [1.29, 1.82) is 0 Å². The minimum atomic E-state index is -4.57. The average molecular weight is 692 g/mol. The Bertz CT molecular complexity index is 1810. The SMILES string of the molecule is Cc1ccc(N(CC(=O)O)CC(=O)O)c(OCCOc2cc(-c3nc4cc(C(F)(F)F)ccc4s3)ccc2N(CC(=O)O)CC(=O)O)c1. The topological polar surface area (TPSA) is 187 Å². The Morgan fingerprint density at radius 1 is 0.729 bits per heavy atom. The Labute approximate surface area is 274 Å². The van der Waals surface area contributed by atoms with Gasteiger partial charge in [0.1, 0.15) is 55.9 Å². The van der Waals surface area contributed by atoms with Crippen LogP contribution in [-0.4, -0.2) is 88.7 Å². The standard InChI is InChI=1S/C31H28F3N3O10S/c1-17-2-5-21(36(13-26(38)39)14-27(40)41)23(10-17)46-8-9-47-24-11-18(3-6-22(24)37(15-28(42)43)16-29(44)45)30-35-20-12-19(31(32,33)34)4-7-25(20)48-30/h2-7,10-12H,8-9,13-16H2,1H3,(H,38,39)(H,40,41)(H,42,43)(H,44,45). The van der Waals surface area contributed by atoms with E-state index in [9.17, 15) is 52.8 Å². The van der Waals surface area contributed by atoms with Crippen LogP contribution < -0.4 is 19.3 Å². The second-order valence-electron chi connectivity index (χ2n) is 10.3. The zero-order valence-electron chi connectivity index (χ0n) is 25.1. The van der Waals surface area contributed by atoms with Crippen molar-refractivity contribution in [1.82, 2.24) is 4.98 Å². The van der Waals surface area contributed by atoms with E-state index in [1.165, 1.54) is 30.3 Å². The van der Waals surface area contributed by atoms with E-state index >= 15 is 0 Å². The average Bonchev–Trinajstić information content (AvgIpc) is 3.41. The highest BCUT2D eigenvalue weighted by molar-refractivity contribution is 7.21. The summed E-state index contributed by atoms with van der Waals surface area (Å²) < 4.78 is 52.0. The fraction of sp³-hybridized carbons (Fsp3) is 0.258. The molecule has 48 heavy (non-hydrogen) atoms. The number of thiazole rings is 1. The van der Waals surface area contributed by atoms with Crippen LogP contribution in [0.15, 0.2) is 54.6 Å². The Kier molecular flexibility index (Phi) is 10.9. The molecular formula is C31H28F3N3O10S. The molecule has 0 atom stereocenters. The normalized spacial score (nSPS) is 11.2. The molecular weight excluding hydrogens is 663 g/mol. The van der Waals surface area contributed by atoms with Crippen molar-refractivity contribution in [3.63, 3.8) is 0 Å². The summed E-state index contributed by atoms with van der Waals surface area (Å²) in [6, 6.07) is 12.3. The minimum Gasteiger partial charge on any atom is -0.488 e. The lowest BCUT2D eigenvalue weighted by Crippen LogP contribution is -2.35. The van der Waals surface area contributed by atoms with Gasteiger partial charge in [0.25, 0.3) is 0 Å². The number of hydrogen-bond acceptors (Lipinski definition) is 10. The Hall–Kier alpha value is -5.58. The number of carboxylic acids is 4. The van der Waals surface area contributed by atoms with E-state index in [1.54, 1.807) is 19.1 Å². The fourth-order valence-corrected chi connectivity index (χ4v) is 5.60. The monoisotopic (exact) mass is 691 g/mol. The Balaban J connectivity index is 1.64. The summed E-state index contributed by atoms with van der Waals surface area (Å²) >= 11 is 1.10. The van der Waals surface area contributed by atoms with Crippen LogP contribution in [0.4, 0.5) is 24.5 Å². The second-order valence-corrected chi connectivity index (χ2v) is 11.4. The summed E-state index contributed by atoms with van der Waals surface area (Å²) in [5, 5.41) is 37.8. The van der Waals surface area contributed by atoms with Crippen molar-refractivity contribution < 1.29 is 62.2 Å². The lowest BCUT2D eigenvalue weighted by Gasteiger charge is -2.25. The molecule has 0 aliphatic heterocycles. The van der Waals surface area contributed by atoms with Crippen LogP contribution in [0.2, 0.25) is 0 Å². The first-order chi connectivity index (χ1) is 22.6. The van der Waals surface area contributed by atoms with Gasteiger partial charge in [-0.05, 0) is 61.0 Å². The molecule has 17 heteroatoms. The van der Waals surface area contributed by atoms with E-state index < -0.39 is 61.8 Å². The number of alkyl halides is 3. The van der Waals surface area contributed by atoms with Crippen LogP contribution in [-0.2, 0) is 25.4 Å². The first-order valence-corrected chi connectivity index (χ1v) is 14.8. The molecule has 0 bridgehead atoms. The van der Waals surface area contributed by atoms with Gasteiger partial charge in [-0.2, -0.15) is 13.2 Å². The zero-order chi connectivity index (χ0) is 35.2. The van der Waals surface area contributed by atoms with Crippen molar-refractivity contribution in [2.24, 2.45) is 0 Å². The predicted octanol–water partition coefficient (Wildman–Crippen LogP) is 4.70. The van der Waals surface area contributed by atoms with Crippen LogP contribution >= 0.6 is 11.3 Å². The maximum atomic E-state index is 13.2. The number of carboxylic acid groups (broad SMARTS) is 4. The third-order valence-corrected chi connectivity index (χ3v) is 7.71. The number of rotatable bonds is 16. The summed E-state index contributed by atoms with van der Waals surface area (Å²) in [5.74, 6) is -4.97. The number of hydrogen-bond donors (Lipinski definition) is 4. The van der Waals surface area contributed by atoms with Crippen LogP contribution in [0.3, 0.4) is 0 Å². The highest BCUT2D eigenvalue weighted by Crippen LogP contribution is 2.39. The molecule has 3 aromatic carbocycles. The van der Waals surface area contributed by atoms with Crippen LogP contribution in [0.1, 0.15) is 11.1 Å². The predicted molar refractivity (Wildman–Crippen MR) is 167 cm³/mol. The molecule has 0 unspecified atom stereocenters. The number of benzene rings is 3. The maximum Gasteiger partial charge on any atom is 0.416 e. The molecule has 4 N–H and O–H groups in total. The minimum absolute atomic E-state index is 0.0247. The second kappa shape index (κ2) is 14.9. The molecule has 0 spiro atoms. The summed E-state index contributed by atoms with van der Waals surface area (Å²) in [7, 11) is 0. The van der Waals surface area contributed by atoms with E-state index in [4.69, 9.17) is 9.47 Å². The molecule has 0 radical (unpaired) electrons. The van der Waals surface area contributed by atoms with Gasteiger partial charge in [-0.15, -0.1) is 11.3 Å². The molecule has 1 aromatic heterocycles. The van der Waals surface area contributed by atoms with Gasteiger partial charge in [0.05, 0.1) is 27.2 Å². The van der Waals surface area contributed by atoms with Gasteiger partial charge in [0.2, 0.25) is 0 Å². The number of aliphatic carboxylic acids is 4. The van der Waals surface area contributed by atoms with E-state index in [0.717, 1.165) is 38.8 Å². The van der Waals surface area contributed by atoms with Gasteiger partial charge in [0, 0.05) is 5.56 Å². The van der Waals surface area contributed by atoms with Gasteiger partial charge in [0.15, 0.2) is 0 Å². The largest absolute Gasteiger partial charge is 0.488 e. The lowest BCUT2D eigenvalue weighted by atomic mass is 10.1. The van der Waals surface area contributed by atoms with Gasteiger partial charge in [-0.1, -0.05) is 6.07 Å². The number of halogens is 3. The Morgan fingerprint density at radius 2 is 1.23 bits per heavy atom. The van der Waals surface area contributed by atoms with E-state index in [0.29, 0.717) is 15.3 Å². The number of ether oxygens (including phenoxy) is 2. The highest BCUT2D eigenvalue weighted by atomic mass is 32.1. The van der Waals surface area contributed by atoms with Crippen molar-refractivity contribution >= 4 is 56.8 Å². The van der Waals surface area contributed by atoms with Crippen LogP contribution in [0, 0.1) is 6.92 Å². The smallest absolute Gasteiger partial charge is 0.416 e. The van der Waals surface area contributed by atoms with Crippen molar-refractivity contribution in [2.75, 3.05) is 49.2 Å². The quantitative estimate of drug-likeness (QED) is 0.119. The summed E-state index contributed by atoms with van der Waals surface area (Å²) in [5.41, 5.74) is 0.661. The molecule has 254 valence electrons. The molecule has 0 fully saturated rings. The molecule has 4 rings (SSSR count). The van der Waals surface area contributed by atoms with E-state index in [-0.39, 0.29) is 41.6 Å². The number of aryl methyl sites for hydroxylation is 1. The van der Waals surface area contributed by atoms with E-state index in [1.807, 2.05) is 0 Å². The number of fused-ring (bicyclic) bond motifs is 1. The van der Waals surface area contributed by atoms with E-state index in [2.05, 4.69) is 4.98 Å². The first-order valence-electron chi connectivity index (χ1n) is 14.0. The van der Waals surface area contributed by atoms with Crippen LogP contribution in [0.25, 0.3) is 20.8 Å². The van der Waals surface area contributed by atoms with Crippen molar-refractivity contribution in [2.45, 2.75) is 13.1 Å². The van der Waals surface area contributed by atoms with Gasteiger partial charge >= 0.3 is 30.1 Å². The summed E-state index contributed by atoms with van der Waals surface area (Å²) in [6.45, 7) is -1.27. The number of aromatic nitrogens is 1. The van der Waals surface area contributed by atoms with Gasteiger partial charge in [-0.25, -0.2) is 4.98 Å². The third-order valence-electron chi connectivity index (χ3n) is 6.62. The third kappa shape index (κ3) is 9.25. The van der Waals surface area contributed by atoms with Gasteiger partial charge < -0.3 is 39.7 Å². The molecule has 0 amide bonds. The first kappa shape index (κ1) is 35.3. The number of nitrogens with zero attached hydrogens (tertiary/aromatic N) is 3. The number of carbonyl (C=O) groups is 4. The molecule has 0 aliphatic rings. The van der Waals surface area contributed by atoms with Crippen LogP contribution in [0.5, 0.6) is 11.5 Å². The molecule has 0 saturated heterocycles. The molecule has 0 aliphatic carbocycles. The molecule has 0 saturated carbocycles. The molecule has 13 nitrogen and oxygen atoms in total. The van der Waals surface area contributed by atoms with Crippen molar-refractivity contribution in [3.05, 3.63) is 65.7 Å². The maximum absolute atomic E-state index is 13.2. The lowest BCUT2D eigenvalue weighted by molar-refractivity contribution is -0.138. The van der Waals surface area contributed by atoms with Gasteiger partial charge in [-0.3, -0.25) is 19.2 Å². The Morgan fingerprint density at radius 3 is 1.73 bits per heavy atom. The molecule has 4 aromatic rings.